The average molecular weight is 584 g/mol. The Bertz CT molecular complexity index is 1040. The van der Waals surface area contributed by atoms with E-state index in [-0.39, 0.29) is 41.5 Å². The summed E-state index contributed by atoms with van der Waals surface area (Å²) in [7, 11) is 0. The molecule has 0 spiro atoms. The molecular weight excluding hydrogens is 542 g/mol. The first-order valence-corrected chi connectivity index (χ1v) is 15.0. The van der Waals surface area contributed by atoms with Gasteiger partial charge >= 0.3 is 5.97 Å². The molecule has 1 aromatic rings. The summed E-state index contributed by atoms with van der Waals surface area (Å²) in [5.41, 5.74) is 4.71. The molecule has 5 N–H and O–H groups in total. The Balaban J connectivity index is 2.15. The van der Waals surface area contributed by atoms with Crippen LogP contribution in [-0.4, -0.2) is 63.3 Å². The van der Waals surface area contributed by atoms with Crippen LogP contribution in [0.25, 0.3) is 0 Å². The molecule has 2 bridgehead atoms. The minimum Gasteiger partial charge on any atom is -0.460 e. The number of unbranched alkanes of at least 4 members (excludes halogenated alkanes) is 1. The lowest BCUT2D eigenvalue weighted by Crippen LogP contribution is -2.59. The largest absolute Gasteiger partial charge is 0.460 e. The summed E-state index contributed by atoms with van der Waals surface area (Å²) in [6.45, 7) is 10.5. The summed E-state index contributed by atoms with van der Waals surface area (Å²) in [5.74, 6) is -1.75. The molecule has 0 radical (unpaired) electrons. The molecule has 0 saturated heterocycles. The van der Waals surface area contributed by atoms with Crippen LogP contribution in [0.4, 0.5) is 0 Å². The molecule has 1 aliphatic rings. The molecule has 218 valence electrons. The third-order valence-corrected chi connectivity index (χ3v) is 8.17. The van der Waals surface area contributed by atoms with E-state index in [0.29, 0.717) is 30.0 Å². The number of thioether (sulfide) groups is 1. The van der Waals surface area contributed by atoms with Gasteiger partial charge < -0.3 is 26.4 Å². The highest BCUT2D eigenvalue weighted by molar-refractivity contribution is 8.13. The predicted octanol–water partition coefficient (Wildman–Crippen LogP) is 2.14. The first-order chi connectivity index (χ1) is 18.2. The zero-order valence-electron chi connectivity index (χ0n) is 23.5. The molecule has 0 unspecified atom stereocenters. The van der Waals surface area contributed by atoms with E-state index in [2.05, 4.69) is 20.9 Å². The van der Waals surface area contributed by atoms with E-state index in [1.165, 1.54) is 23.1 Å². The van der Waals surface area contributed by atoms with E-state index in [4.69, 9.17) is 10.5 Å². The standard InChI is InChI=1S/C26H41N5O6S2/c1-14(2)20(27)24(35)38-10-8-7-9-16-11-18(32)28-12-19-29-17(13-39-19)22(33)31-26(5,6)25(36)30-21(15(3)4)23(34)37-16/h13-16,20-21H,7-12,27H2,1-6H3,(H,28,32)(H,30,36)(H,31,33)/t16-,20+,21+/m1/s1. The maximum Gasteiger partial charge on any atom is 0.329 e. The van der Waals surface area contributed by atoms with Crippen molar-refractivity contribution in [2.75, 3.05) is 5.75 Å². The zero-order valence-corrected chi connectivity index (χ0v) is 25.1. The minimum absolute atomic E-state index is 0.0551. The number of ether oxygens (including phenoxy) is 1. The smallest absolute Gasteiger partial charge is 0.329 e. The van der Waals surface area contributed by atoms with Gasteiger partial charge in [-0.05, 0) is 44.9 Å². The summed E-state index contributed by atoms with van der Waals surface area (Å²) in [4.78, 5) is 68.0. The Hall–Kier alpha value is -2.51. The van der Waals surface area contributed by atoms with Crippen LogP contribution in [0.5, 0.6) is 0 Å². The zero-order chi connectivity index (χ0) is 29.3. The number of nitrogens with zero attached hydrogens (tertiary/aromatic N) is 1. The summed E-state index contributed by atoms with van der Waals surface area (Å²) >= 11 is 2.41. The van der Waals surface area contributed by atoms with Crippen LogP contribution in [0.2, 0.25) is 0 Å². The van der Waals surface area contributed by atoms with Gasteiger partial charge in [-0.1, -0.05) is 39.5 Å². The van der Waals surface area contributed by atoms with Crippen LogP contribution < -0.4 is 21.7 Å². The van der Waals surface area contributed by atoms with Crippen molar-refractivity contribution < 1.29 is 28.7 Å². The van der Waals surface area contributed by atoms with Gasteiger partial charge in [0.05, 0.1) is 19.0 Å². The van der Waals surface area contributed by atoms with E-state index in [1.807, 2.05) is 13.8 Å². The number of thiazole rings is 1. The molecule has 39 heavy (non-hydrogen) atoms. The molecular formula is C26H41N5O6S2. The molecule has 2 heterocycles. The normalized spacial score (nSPS) is 21.7. The van der Waals surface area contributed by atoms with Gasteiger partial charge in [-0.15, -0.1) is 11.3 Å². The van der Waals surface area contributed by atoms with Crippen LogP contribution in [0, 0.1) is 11.8 Å². The Kier molecular flexibility index (Phi) is 12.4. The third-order valence-electron chi connectivity index (χ3n) is 6.27. The fourth-order valence-corrected chi connectivity index (χ4v) is 5.36. The Morgan fingerprint density at radius 3 is 2.54 bits per heavy atom. The number of hydrogen-bond donors (Lipinski definition) is 4. The lowest BCUT2D eigenvalue weighted by Gasteiger charge is -2.30. The summed E-state index contributed by atoms with van der Waals surface area (Å²) in [5, 5.41) is 10.2. The van der Waals surface area contributed by atoms with Crippen LogP contribution >= 0.6 is 23.1 Å². The average Bonchev–Trinajstić information content (AvgIpc) is 3.33. The van der Waals surface area contributed by atoms with Crippen LogP contribution in [0.3, 0.4) is 0 Å². The van der Waals surface area contributed by atoms with Crippen LogP contribution in [0.1, 0.15) is 82.7 Å². The maximum absolute atomic E-state index is 13.2. The molecule has 2 rings (SSSR count). The highest BCUT2D eigenvalue weighted by atomic mass is 32.2. The van der Waals surface area contributed by atoms with Crippen molar-refractivity contribution in [3.8, 4) is 0 Å². The number of aromatic nitrogens is 1. The lowest BCUT2D eigenvalue weighted by atomic mass is 9.99. The summed E-state index contributed by atoms with van der Waals surface area (Å²) in [6.07, 6.45) is 0.916. The third kappa shape index (κ3) is 10.2. The van der Waals surface area contributed by atoms with Gasteiger partial charge in [0.2, 0.25) is 16.9 Å². The highest BCUT2D eigenvalue weighted by Gasteiger charge is 2.36. The van der Waals surface area contributed by atoms with E-state index >= 15 is 0 Å². The number of carbonyl (C=O) groups excluding carboxylic acids is 5. The van der Waals surface area contributed by atoms with Gasteiger partial charge in [0.1, 0.15) is 28.4 Å². The first kappa shape index (κ1) is 32.7. The molecule has 1 aliphatic heterocycles. The van der Waals surface area contributed by atoms with Gasteiger partial charge in [0.25, 0.3) is 5.91 Å². The fourth-order valence-electron chi connectivity index (χ4n) is 3.63. The molecule has 13 heteroatoms. The number of fused-ring (bicyclic) bond motifs is 2. The quantitative estimate of drug-likeness (QED) is 0.264. The number of hydrogen-bond acceptors (Lipinski definition) is 10. The molecule has 1 aromatic heterocycles. The van der Waals surface area contributed by atoms with E-state index in [0.717, 1.165) is 0 Å². The van der Waals surface area contributed by atoms with Crippen molar-refractivity contribution in [3.05, 3.63) is 16.1 Å². The van der Waals surface area contributed by atoms with Crippen molar-refractivity contribution >= 4 is 51.9 Å². The first-order valence-electron chi connectivity index (χ1n) is 13.2. The van der Waals surface area contributed by atoms with Crippen molar-refractivity contribution in [1.82, 2.24) is 20.9 Å². The van der Waals surface area contributed by atoms with Crippen LogP contribution in [-0.2, 0) is 30.5 Å². The van der Waals surface area contributed by atoms with Gasteiger partial charge in [-0.2, -0.15) is 0 Å². The SMILES string of the molecule is CC(C)[C@H](N)C(=O)SCCCC[C@@H]1CC(=O)NCc2nc(cs2)C(=O)NC(C)(C)C(=O)N[C@@H](C(C)C)C(=O)O1. The number of carbonyl (C=O) groups is 5. The van der Waals surface area contributed by atoms with Crippen molar-refractivity contribution in [1.29, 1.82) is 0 Å². The second-order valence-corrected chi connectivity index (χ2v) is 12.9. The Labute approximate surface area is 238 Å². The van der Waals surface area contributed by atoms with Gasteiger partial charge in [0, 0.05) is 11.1 Å². The monoisotopic (exact) mass is 583 g/mol. The maximum atomic E-state index is 13.2. The van der Waals surface area contributed by atoms with Gasteiger partial charge in [0.15, 0.2) is 0 Å². The molecule has 3 amide bonds. The molecule has 0 fully saturated rings. The number of nitrogens with one attached hydrogen (secondary N) is 3. The Morgan fingerprint density at radius 1 is 1.21 bits per heavy atom. The molecule has 3 atom stereocenters. The predicted molar refractivity (Wildman–Crippen MR) is 151 cm³/mol. The van der Waals surface area contributed by atoms with Crippen molar-refractivity contribution in [2.24, 2.45) is 17.6 Å². The highest BCUT2D eigenvalue weighted by Crippen LogP contribution is 2.18. The second-order valence-electron chi connectivity index (χ2n) is 10.9. The van der Waals surface area contributed by atoms with Gasteiger partial charge in [-0.25, -0.2) is 9.78 Å². The van der Waals surface area contributed by atoms with E-state index in [1.54, 1.807) is 33.1 Å². The van der Waals surface area contributed by atoms with Crippen molar-refractivity contribution in [2.45, 2.75) is 97.5 Å². The second kappa shape index (κ2) is 14.8. The lowest BCUT2D eigenvalue weighted by molar-refractivity contribution is -0.156. The number of rotatable bonds is 8. The topological polar surface area (TPSA) is 170 Å². The number of amides is 3. The van der Waals surface area contributed by atoms with Crippen molar-refractivity contribution in [3.63, 3.8) is 0 Å². The summed E-state index contributed by atoms with van der Waals surface area (Å²) < 4.78 is 5.75. The number of nitrogens with two attached hydrogens (primary N) is 1. The van der Waals surface area contributed by atoms with Crippen LogP contribution in [0.15, 0.2) is 5.38 Å². The Morgan fingerprint density at radius 2 is 1.90 bits per heavy atom. The van der Waals surface area contributed by atoms with E-state index in [9.17, 15) is 24.0 Å². The number of esters is 1. The molecule has 11 nitrogen and oxygen atoms in total. The van der Waals surface area contributed by atoms with E-state index < -0.39 is 41.5 Å². The van der Waals surface area contributed by atoms with Gasteiger partial charge in [-0.3, -0.25) is 19.2 Å². The fraction of sp³-hybridized carbons (Fsp3) is 0.692. The molecule has 0 aliphatic carbocycles. The molecule has 0 saturated carbocycles. The minimum atomic E-state index is -1.33. The number of cyclic esters (lactones) is 1. The summed E-state index contributed by atoms with van der Waals surface area (Å²) in [6, 6.07) is -1.49. The molecule has 0 aromatic carbocycles.